The van der Waals surface area contributed by atoms with Crippen molar-refractivity contribution >= 4 is 88.2 Å². The lowest BCUT2D eigenvalue weighted by molar-refractivity contribution is 0.483. The molecule has 11 aromatic rings. The topological polar surface area (TPSA) is 43.4 Å². The lowest BCUT2D eigenvalue weighted by atomic mass is 10.1. The van der Waals surface area contributed by atoms with E-state index in [0.717, 1.165) is 50.7 Å². The summed E-state index contributed by atoms with van der Waals surface area (Å²) in [6.07, 6.45) is 1.88. The average molecular weight is 751 g/mol. The second-order valence-corrected chi connectivity index (χ2v) is 15.5. The minimum atomic E-state index is 0.635. The molecule has 7 heteroatoms. The molecule has 0 spiro atoms. The van der Waals surface area contributed by atoms with Gasteiger partial charge in [0.05, 0.1) is 39.1 Å². The minimum Gasteiger partial charge on any atom is -0.457 e. The van der Waals surface area contributed by atoms with Crippen LogP contribution in [0.25, 0.3) is 71.2 Å². The van der Waals surface area contributed by atoms with E-state index in [2.05, 4.69) is 190 Å². The molecule has 58 heavy (non-hydrogen) atoms. The van der Waals surface area contributed by atoms with E-state index in [-0.39, 0.29) is 0 Å². The number of para-hydroxylation sites is 5. The van der Waals surface area contributed by atoms with Gasteiger partial charge in [0.15, 0.2) is 0 Å². The van der Waals surface area contributed by atoms with Crippen LogP contribution in [0.1, 0.15) is 5.56 Å². The first-order valence-electron chi connectivity index (χ1n) is 19.8. The Morgan fingerprint density at radius 2 is 1.07 bits per heavy atom. The van der Waals surface area contributed by atoms with Crippen LogP contribution in [0, 0.1) is 6.92 Å². The predicted molar refractivity (Wildman–Crippen MR) is 240 cm³/mol. The molecule has 1 aliphatic heterocycles. The van der Waals surface area contributed by atoms with Crippen LogP contribution in [0.3, 0.4) is 0 Å². The van der Waals surface area contributed by atoms with Crippen LogP contribution in [-0.2, 0) is 14.1 Å². The molecule has 0 bridgehead atoms. The highest BCUT2D eigenvalue weighted by atomic mass is 16.5. The standard InChI is InChI=1S/C51H38N6O/c1-32-25-26-52-48(27-32)57-44-20-9-6-15-36(44)39-24-23-35(29-47(39)57)58-34-14-12-13-33(28-34)55-31-56(46-22-11-10-21-45(46)55)51-49-40(37-16-4-7-18-42(37)53(49)2)30-41-38-17-5-8-19-43(38)54(3)50(41)51/h4-30H,31H2,1-3H3. The SMILES string of the molecule is Cc1ccnc(-n2c3ccccc3c3ccc(Oc4cccc(N5CN(c6c7c(cc8c9ccccc9n(C)c68)c6ccccc6n7C)c6ccccc65)c4)cc32)c1. The smallest absolute Gasteiger partial charge is 0.137 e. The molecule has 0 radical (unpaired) electrons. The van der Waals surface area contributed by atoms with Gasteiger partial charge in [-0.25, -0.2) is 4.98 Å². The van der Waals surface area contributed by atoms with Crippen LogP contribution >= 0.6 is 0 Å². The summed E-state index contributed by atoms with van der Waals surface area (Å²) in [6.45, 7) is 2.74. The number of hydrogen-bond acceptors (Lipinski definition) is 4. The second-order valence-electron chi connectivity index (χ2n) is 15.5. The first kappa shape index (κ1) is 32.7. The maximum atomic E-state index is 6.73. The Kier molecular flexibility index (Phi) is 6.90. The van der Waals surface area contributed by atoms with E-state index < -0.39 is 0 Å². The molecule has 0 fully saturated rings. The molecule has 1 aliphatic rings. The Balaban J connectivity index is 0.982. The second kappa shape index (κ2) is 12.2. The Bertz CT molecular complexity index is 3380. The Morgan fingerprint density at radius 3 is 1.76 bits per heavy atom. The Morgan fingerprint density at radius 1 is 0.483 bits per heavy atom. The van der Waals surface area contributed by atoms with Crippen molar-refractivity contribution in [3.63, 3.8) is 0 Å². The van der Waals surface area contributed by atoms with Gasteiger partial charge >= 0.3 is 0 Å². The number of benzene rings is 7. The van der Waals surface area contributed by atoms with Crippen molar-refractivity contribution in [2.24, 2.45) is 14.1 Å². The molecule has 12 rings (SSSR count). The normalized spacial score (nSPS) is 12.9. The number of aryl methyl sites for hydroxylation is 3. The molecule has 0 amide bonds. The van der Waals surface area contributed by atoms with E-state index in [1.54, 1.807) is 0 Å². The van der Waals surface area contributed by atoms with Gasteiger partial charge in [-0.3, -0.25) is 4.57 Å². The van der Waals surface area contributed by atoms with Gasteiger partial charge in [0.2, 0.25) is 0 Å². The first-order valence-corrected chi connectivity index (χ1v) is 19.8. The lowest BCUT2D eigenvalue weighted by Crippen LogP contribution is -2.25. The Labute approximate surface area is 334 Å². The largest absolute Gasteiger partial charge is 0.457 e. The number of rotatable bonds is 5. The van der Waals surface area contributed by atoms with Crippen molar-refractivity contribution < 1.29 is 4.74 Å². The van der Waals surface area contributed by atoms with Gasteiger partial charge in [-0.1, -0.05) is 72.8 Å². The highest BCUT2D eigenvalue weighted by Gasteiger charge is 2.33. The number of ether oxygens (including phenoxy) is 1. The number of hydrogen-bond donors (Lipinski definition) is 0. The molecule has 0 unspecified atom stereocenters. The third-order valence-corrected chi connectivity index (χ3v) is 12.2. The van der Waals surface area contributed by atoms with E-state index in [4.69, 9.17) is 9.72 Å². The molecule has 278 valence electrons. The molecule has 0 atom stereocenters. The fraction of sp³-hybridized carbons (Fsp3) is 0.0784. The number of fused-ring (bicyclic) bond motifs is 10. The molecule has 5 heterocycles. The summed E-state index contributed by atoms with van der Waals surface area (Å²) >= 11 is 0. The van der Waals surface area contributed by atoms with Gasteiger partial charge in [0, 0.05) is 81.5 Å². The Hall–Kier alpha value is -7.51. The van der Waals surface area contributed by atoms with Gasteiger partial charge in [-0.15, -0.1) is 0 Å². The number of aromatic nitrogens is 4. The number of pyridine rings is 1. The quantitative estimate of drug-likeness (QED) is 0.176. The number of anilines is 4. The van der Waals surface area contributed by atoms with Gasteiger partial charge in [0.1, 0.15) is 24.0 Å². The summed E-state index contributed by atoms with van der Waals surface area (Å²) in [6, 6.07) is 56.2. The molecule has 0 saturated carbocycles. The van der Waals surface area contributed by atoms with Crippen LogP contribution in [0.15, 0.2) is 164 Å². The molecule has 4 aromatic heterocycles. The lowest BCUT2D eigenvalue weighted by Gasteiger charge is -2.25. The van der Waals surface area contributed by atoms with Crippen LogP contribution in [0.2, 0.25) is 0 Å². The van der Waals surface area contributed by atoms with Crippen LogP contribution < -0.4 is 14.5 Å². The fourth-order valence-electron chi connectivity index (χ4n) is 9.60. The first-order chi connectivity index (χ1) is 28.5. The van der Waals surface area contributed by atoms with Gasteiger partial charge in [-0.05, 0) is 85.3 Å². The predicted octanol–water partition coefficient (Wildman–Crippen LogP) is 12.8. The highest BCUT2D eigenvalue weighted by molar-refractivity contribution is 6.25. The zero-order valence-corrected chi connectivity index (χ0v) is 32.4. The molecule has 0 aliphatic carbocycles. The molecule has 0 saturated heterocycles. The van der Waals surface area contributed by atoms with E-state index >= 15 is 0 Å². The molecule has 0 N–H and O–H groups in total. The zero-order valence-electron chi connectivity index (χ0n) is 32.4. The van der Waals surface area contributed by atoms with Crippen molar-refractivity contribution in [3.05, 3.63) is 169 Å². The summed E-state index contributed by atoms with van der Waals surface area (Å²) in [5.41, 5.74) is 12.8. The van der Waals surface area contributed by atoms with Crippen molar-refractivity contribution in [1.82, 2.24) is 18.7 Å². The third kappa shape index (κ3) is 4.64. The molecular weight excluding hydrogens is 713 g/mol. The van der Waals surface area contributed by atoms with Gasteiger partial charge < -0.3 is 23.7 Å². The fourth-order valence-corrected chi connectivity index (χ4v) is 9.60. The van der Waals surface area contributed by atoms with E-state index in [1.165, 1.54) is 60.4 Å². The van der Waals surface area contributed by atoms with Crippen LogP contribution in [-0.4, -0.2) is 25.4 Å². The van der Waals surface area contributed by atoms with Crippen LogP contribution in [0.4, 0.5) is 22.7 Å². The number of nitrogens with zero attached hydrogens (tertiary/aromatic N) is 6. The van der Waals surface area contributed by atoms with Gasteiger partial charge in [0.25, 0.3) is 0 Å². The van der Waals surface area contributed by atoms with E-state index in [9.17, 15) is 0 Å². The summed E-state index contributed by atoms with van der Waals surface area (Å²) in [7, 11) is 4.41. The van der Waals surface area contributed by atoms with E-state index in [0.29, 0.717) is 6.67 Å². The minimum absolute atomic E-state index is 0.635. The molecule has 7 aromatic carbocycles. The summed E-state index contributed by atoms with van der Waals surface area (Å²) in [5.74, 6) is 2.43. The molecular formula is C51H38N6O. The highest BCUT2D eigenvalue weighted by Crippen LogP contribution is 2.51. The molecule has 7 nitrogen and oxygen atoms in total. The van der Waals surface area contributed by atoms with Crippen molar-refractivity contribution in [3.8, 4) is 17.3 Å². The van der Waals surface area contributed by atoms with Crippen molar-refractivity contribution in [2.75, 3.05) is 16.5 Å². The monoisotopic (exact) mass is 750 g/mol. The van der Waals surface area contributed by atoms with Crippen molar-refractivity contribution in [1.29, 1.82) is 0 Å². The van der Waals surface area contributed by atoms with Crippen molar-refractivity contribution in [2.45, 2.75) is 6.92 Å². The van der Waals surface area contributed by atoms with Gasteiger partial charge in [-0.2, -0.15) is 0 Å². The third-order valence-electron chi connectivity index (χ3n) is 12.2. The summed E-state index contributed by atoms with van der Waals surface area (Å²) < 4.78 is 13.7. The maximum Gasteiger partial charge on any atom is 0.137 e. The zero-order chi connectivity index (χ0) is 38.6. The van der Waals surface area contributed by atoms with Crippen LogP contribution in [0.5, 0.6) is 11.5 Å². The summed E-state index contributed by atoms with van der Waals surface area (Å²) in [5, 5.41) is 7.40. The summed E-state index contributed by atoms with van der Waals surface area (Å²) in [4.78, 5) is 9.69. The average Bonchev–Trinajstić information content (AvgIpc) is 3.97. The maximum absolute atomic E-state index is 6.73. The van der Waals surface area contributed by atoms with E-state index in [1.807, 2.05) is 18.3 Å².